The van der Waals surface area contributed by atoms with E-state index in [0.717, 1.165) is 16.9 Å². The number of Topliss-reactive ketones (excluding diaryl/α,β-unsaturated/α-hetero) is 1. The number of hydrogen-bond acceptors (Lipinski definition) is 5. The number of nitrogens with one attached hydrogen (secondary N) is 1. The highest BCUT2D eigenvalue weighted by Crippen LogP contribution is 2.32. The number of aromatic nitrogens is 2. The Balaban J connectivity index is 1.73. The van der Waals surface area contributed by atoms with Gasteiger partial charge in [-0.2, -0.15) is 0 Å². The average molecular weight is 419 g/mol. The molecule has 1 atom stereocenters. The van der Waals surface area contributed by atoms with Crippen LogP contribution in [0.1, 0.15) is 28.5 Å². The molecule has 4 rings (SSSR count). The first-order valence-electron chi connectivity index (χ1n) is 10.2. The van der Waals surface area contributed by atoms with Crippen molar-refractivity contribution in [1.29, 1.82) is 0 Å². The molecule has 0 bridgehead atoms. The van der Waals surface area contributed by atoms with E-state index in [1.165, 1.54) is 6.20 Å². The number of nitrogens with zero attached hydrogens (tertiary/aromatic N) is 2. The van der Waals surface area contributed by atoms with Crippen molar-refractivity contribution in [1.82, 2.24) is 9.36 Å². The summed E-state index contributed by atoms with van der Waals surface area (Å²) in [5.74, 6) is 0.307. The normalized spacial score (nSPS) is 16.8. The molecule has 2 aromatic carbocycles. The molecule has 7 nitrogen and oxygen atoms in total. The molecular weight excluding hydrogens is 394 g/mol. The topological polar surface area (TPSA) is 74.5 Å². The molecule has 31 heavy (non-hydrogen) atoms. The van der Waals surface area contributed by atoms with Gasteiger partial charge in [-0.15, -0.1) is 0 Å². The van der Waals surface area contributed by atoms with Crippen molar-refractivity contribution in [3.63, 3.8) is 0 Å². The number of carbonyl (C=O) groups excluding carboxylic acids is 1. The van der Waals surface area contributed by atoms with Gasteiger partial charge in [0.05, 0.1) is 22.5 Å². The third kappa shape index (κ3) is 3.68. The van der Waals surface area contributed by atoms with Crippen LogP contribution in [-0.4, -0.2) is 28.0 Å². The van der Waals surface area contributed by atoms with Gasteiger partial charge in [-0.1, -0.05) is 29.8 Å². The molecule has 7 heteroatoms. The molecule has 1 unspecified atom stereocenters. The van der Waals surface area contributed by atoms with Crippen LogP contribution < -0.4 is 15.6 Å². The van der Waals surface area contributed by atoms with E-state index in [4.69, 9.17) is 9.47 Å². The zero-order valence-electron chi connectivity index (χ0n) is 18.0. The van der Waals surface area contributed by atoms with Crippen molar-refractivity contribution in [2.75, 3.05) is 11.9 Å². The maximum atomic E-state index is 13.2. The number of anilines is 1. The molecule has 2 heterocycles. The Morgan fingerprint density at radius 1 is 1.13 bits per heavy atom. The number of rotatable bonds is 5. The molecule has 1 aromatic heterocycles. The van der Waals surface area contributed by atoms with Crippen LogP contribution in [0.4, 0.5) is 5.69 Å². The van der Waals surface area contributed by atoms with Crippen LogP contribution >= 0.6 is 0 Å². The van der Waals surface area contributed by atoms with Crippen LogP contribution in [-0.2, 0) is 11.8 Å². The predicted molar refractivity (Wildman–Crippen MR) is 119 cm³/mol. The zero-order chi connectivity index (χ0) is 22.1. The third-order valence-electron chi connectivity index (χ3n) is 5.37. The van der Waals surface area contributed by atoms with Crippen molar-refractivity contribution in [3.8, 4) is 11.4 Å². The highest BCUT2D eigenvalue weighted by atomic mass is 16.7. The molecule has 0 spiro atoms. The van der Waals surface area contributed by atoms with E-state index >= 15 is 0 Å². The first-order valence-corrected chi connectivity index (χ1v) is 10.2. The minimum absolute atomic E-state index is 0.187. The lowest BCUT2D eigenvalue weighted by atomic mass is 9.98. The largest absolute Gasteiger partial charge is 0.460 e. The number of aryl methyl sites for hydroxylation is 1. The molecule has 1 aliphatic rings. The second kappa shape index (κ2) is 8.28. The Kier molecular flexibility index (Phi) is 5.52. The predicted octanol–water partition coefficient (Wildman–Crippen LogP) is 3.73. The fourth-order valence-electron chi connectivity index (χ4n) is 3.66. The fourth-order valence-corrected chi connectivity index (χ4v) is 3.66. The summed E-state index contributed by atoms with van der Waals surface area (Å²) < 4.78 is 14.9. The van der Waals surface area contributed by atoms with Gasteiger partial charge in [0.2, 0.25) is 6.29 Å². The van der Waals surface area contributed by atoms with Gasteiger partial charge in [0.1, 0.15) is 11.4 Å². The lowest BCUT2D eigenvalue weighted by Crippen LogP contribution is -2.33. The van der Waals surface area contributed by atoms with Crippen molar-refractivity contribution in [2.45, 2.75) is 27.1 Å². The molecule has 1 aliphatic heterocycles. The minimum Gasteiger partial charge on any atom is -0.460 e. The Morgan fingerprint density at radius 2 is 1.87 bits per heavy atom. The van der Waals surface area contributed by atoms with E-state index < -0.39 is 6.29 Å². The van der Waals surface area contributed by atoms with E-state index in [1.54, 1.807) is 21.5 Å². The Bertz CT molecular complexity index is 1220. The molecule has 160 valence electrons. The number of ether oxygens (including phenoxy) is 2. The van der Waals surface area contributed by atoms with Gasteiger partial charge in [-0.05, 0) is 45.0 Å². The van der Waals surface area contributed by atoms with Gasteiger partial charge in [-0.3, -0.25) is 14.3 Å². The van der Waals surface area contributed by atoms with Crippen molar-refractivity contribution in [2.24, 2.45) is 7.05 Å². The van der Waals surface area contributed by atoms with E-state index in [0.29, 0.717) is 29.2 Å². The van der Waals surface area contributed by atoms with Gasteiger partial charge in [0, 0.05) is 19.9 Å². The number of hydrogen-bond donors (Lipinski definition) is 1. The Hall–Kier alpha value is -3.58. The second-order valence-corrected chi connectivity index (χ2v) is 7.41. The van der Waals surface area contributed by atoms with Gasteiger partial charge in [0.25, 0.3) is 5.56 Å². The summed E-state index contributed by atoms with van der Waals surface area (Å²) in [5, 5.41) is 3.05. The molecule has 0 aliphatic carbocycles. The average Bonchev–Trinajstić information content (AvgIpc) is 2.97. The Labute approximate surface area is 180 Å². The van der Waals surface area contributed by atoms with Gasteiger partial charge < -0.3 is 14.8 Å². The number of ketones is 1. The van der Waals surface area contributed by atoms with E-state index in [1.807, 2.05) is 64.2 Å². The number of fused-ring (bicyclic) bond motifs is 1. The molecule has 0 saturated heterocycles. The van der Waals surface area contributed by atoms with Crippen LogP contribution in [0.15, 0.2) is 65.1 Å². The van der Waals surface area contributed by atoms with Crippen LogP contribution in [0.5, 0.6) is 5.75 Å². The number of benzene rings is 2. The van der Waals surface area contributed by atoms with Crippen molar-refractivity contribution in [3.05, 3.63) is 87.5 Å². The van der Waals surface area contributed by atoms with E-state index in [9.17, 15) is 9.59 Å². The highest BCUT2D eigenvalue weighted by Gasteiger charge is 2.32. The van der Waals surface area contributed by atoms with Crippen LogP contribution in [0, 0.1) is 13.8 Å². The minimum atomic E-state index is -0.847. The molecular formula is C24H25N3O4. The monoisotopic (exact) mass is 419 g/mol. The maximum absolute atomic E-state index is 13.2. The summed E-state index contributed by atoms with van der Waals surface area (Å²) in [6, 6.07) is 14.9. The quantitative estimate of drug-likeness (QED) is 0.638. The standard InChI is InChI=1S/C24H25N3O4/c1-5-30-24-19(22(28)18-13-15(2)11-12-20(18)31-24)14-25-21-16(3)26(4)27(23(21)29)17-9-7-6-8-10-17/h6-14,24-25H,5H2,1-4H3/b19-14-. The lowest BCUT2D eigenvalue weighted by molar-refractivity contribution is -0.0509. The molecule has 0 amide bonds. The first-order chi connectivity index (χ1) is 14.9. The summed E-state index contributed by atoms with van der Waals surface area (Å²) >= 11 is 0. The highest BCUT2D eigenvalue weighted by molar-refractivity contribution is 6.12. The summed E-state index contributed by atoms with van der Waals surface area (Å²) in [6.45, 7) is 5.98. The summed E-state index contributed by atoms with van der Waals surface area (Å²) in [6.07, 6.45) is 0.674. The molecule has 1 N–H and O–H groups in total. The molecule has 0 radical (unpaired) electrons. The zero-order valence-corrected chi connectivity index (χ0v) is 18.0. The van der Waals surface area contributed by atoms with Crippen LogP contribution in [0.3, 0.4) is 0 Å². The number of carbonyl (C=O) groups is 1. The lowest BCUT2D eigenvalue weighted by Gasteiger charge is -2.27. The van der Waals surface area contributed by atoms with E-state index in [-0.39, 0.29) is 11.3 Å². The van der Waals surface area contributed by atoms with E-state index in [2.05, 4.69) is 5.32 Å². The van der Waals surface area contributed by atoms with Gasteiger partial charge in [-0.25, -0.2) is 4.68 Å². The summed E-state index contributed by atoms with van der Waals surface area (Å²) in [4.78, 5) is 26.3. The van der Waals surface area contributed by atoms with Crippen molar-refractivity contribution < 1.29 is 14.3 Å². The third-order valence-corrected chi connectivity index (χ3v) is 5.37. The second-order valence-electron chi connectivity index (χ2n) is 7.41. The number of para-hydroxylation sites is 1. The molecule has 3 aromatic rings. The maximum Gasteiger partial charge on any atom is 0.295 e. The molecule has 0 saturated carbocycles. The smallest absolute Gasteiger partial charge is 0.295 e. The van der Waals surface area contributed by atoms with Crippen LogP contribution in [0.2, 0.25) is 0 Å². The SMILES string of the molecule is CCOC1Oc2ccc(C)cc2C(=O)/C1=C/Nc1c(C)n(C)n(-c2ccccc2)c1=O. The summed E-state index contributed by atoms with van der Waals surface area (Å²) in [5.41, 5.74) is 3.42. The van der Waals surface area contributed by atoms with Crippen LogP contribution in [0.25, 0.3) is 5.69 Å². The fraction of sp³-hybridized carbons (Fsp3) is 0.250. The van der Waals surface area contributed by atoms with Gasteiger partial charge in [0.15, 0.2) is 5.78 Å². The van der Waals surface area contributed by atoms with Gasteiger partial charge >= 0.3 is 0 Å². The first kappa shape index (κ1) is 20.7. The Morgan fingerprint density at radius 3 is 2.58 bits per heavy atom. The summed E-state index contributed by atoms with van der Waals surface area (Å²) in [7, 11) is 1.82. The molecule has 0 fully saturated rings. The van der Waals surface area contributed by atoms with Crippen molar-refractivity contribution >= 4 is 11.5 Å².